The molecule has 170 valence electrons. The van der Waals surface area contributed by atoms with Gasteiger partial charge in [0.1, 0.15) is 11.1 Å². The maximum absolute atomic E-state index is 13.1. The van der Waals surface area contributed by atoms with Crippen LogP contribution in [0.4, 0.5) is 0 Å². The van der Waals surface area contributed by atoms with Crippen LogP contribution in [0.5, 0.6) is 11.5 Å². The summed E-state index contributed by atoms with van der Waals surface area (Å²) in [6.07, 6.45) is 6.09. The molecule has 0 bridgehead atoms. The van der Waals surface area contributed by atoms with Gasteiger partial charge in [-0.25, -0.2) is 0 Å². The zero-order valence-electron chi connectivity index (χ0n) is 18.6. The molecule has 2 aliphatic rings. The molecule has 0 spiro atoms. The number of hydrogen-bond donors (Lipinski definition) is 1. The minimum absolute atomic E-state index is 0.0192. The fourth-order valence-electron chi connectivity index (χ4n) is 4.07. The lowest BCUT2D eigenvalue weighted by molar-refractivity contribution is 0.0722. The number of benzene rings is 1. The Bertz CT molecular complexity index is 1070. The normalized spacial score (nSPS) is 15.2. The smallest absolute Gasteiger partial charge is 0.259 e. The van der Waals surface area contributed by atoms with Gasteiger partial charge in [-0.3, -0.25) is 14.4 Å². The number of nitrogens with zero attached hydrogens (tertiary/aromatic N) is 2. The van der Waals surface area contributed by atoms with E-state index in [9.17, 15) is 14.4 Å². The Kier molecular flexibility index (Phi) is 6.48. The number of amides is 2. The number of carbonyl (C=O) groups excluding carboxylic acids is 2. The SMILES string of the molecule is CC(C)Cn1cc(C(=O)NCc2ccc3c(c2)OCO3)c(=O)c(C(=O)N2CCCCC2)c1. The number of fused-ring (bicyclic) bond motifs is 1. The summed E-state index contributed by atoms with van der Waals surface area (Å²) in [5, 5.41) is 2.80. The Labute approximate surface area is 187 Å². The number of likely N-dealkylation sites (tertiary alicyclic amines) is 1. The first kappa shape index (κ1) is 21.9. The molecule has 0 saturated carbocycles. The highest BCUT2D eigenvalue weighted by Crippen LogP contribution is 2.32. The Morgan fingerprint density at radius 3 is 2.50 bits per heavy atom. The minimum atomic E-state index is -0.524. The van der Waals surface area contributed by atoms with Gasteiger partial charge in [-0.1, -0.05) is 19.9 Å². The van der Waals surface area contributed by atoms with Crippen LogP contribution in [0.2, 0.25) is 0 Å². The van der Waals surface area contributed by atoms with Gasteiger partial charge < -0.3 is 24.3 Å². The van der Waals surface area contributed by atoms with Crippen molar-refractivity contribution >= 4 is 11.8 Å². The molecule has 2 aliphatic heterocycles. The Hall–Kier alpha value is -3.29. The van der Waals surface area contributed by atoms with Crippen LogP contribution in [0.1, 0.15) is 59.4 Å². The molecule has 2 aromatic rings. The first-order valence-corrected chi connectivity index (χ1v) is 11.1. The molecular formula is C24H29N3O5. The van der Waals surface area contributed by atoms with E-state index in [2.05, 4.69) is 5.32 Å². The topological polar surface area (TPSA) is 89.9 Å². The number of hydrogen-bond acceptors (Lipinski definition) is 5. The van der Waals surface area contributed by atoms with Crippen molar-refractivity contribution in [2.75, 3.05) is 19.9 Å². The Morgan fingerprint density at radius 2 is 1.75 bits per heavy atom. The second-order valence-electron chi connectivity index (χ2n) is 8.73. The molecule has 1 aromatic heterocycles. The van der Waals surface area contributed by atoms with Crippen molar-refractivity contribution in [2.24, 2.45) is 5.92 Å². The van der Waals surface area contributed by atoms with Gasteiger partial charge >= 0.3 is 0 Å². The monoisotopic (exact) mass is 439 g/mol. The third-order valence-electron chi connectivity index (χ3n) is 5.66. The minimum Gasteiger partial charge on any atom is -0.454 e. The second-order valence-corrected chi connectivity index (χ2v) is 8.73. The van der Waals surface area contributed by atoms with Gasteiger partial charge in [0.15, 0.2) is 11.5 Å². The van der Waals surface area contributed by atoms with Crippen molar-refractivity contribution in [3.8, 4) is 11.5 Å². The van der Waals surface area contributed by atoms with Crippen molar-refractivity contribution in [1.82, 2.24) is 14.8 Å². The number of nitrogens with one attached hydrogen (secondary N) is 1. The Morgan fingerprint density at radius 1 is 1.03 bits per heavy atom. The van der Waals surface area contributed by atoms with Crippen LogP contribution in [0.3, 0.4) is 0 Å². The van der Waals surface area contributed by atoms with Crippen molar-refractivity contribution in [1.29, 1.82) is 0 Å². The molecule has 1 saturated heterocycles. The summed E-state index contributed by atoms with van der Waals surface area (Å²) in [5.41, 5.74) is 0.340. The highest BCUT2D eigenvalue weighted by Gasteiger charge is 2.24. The molecule has 0 unspecified atom stereocenters. The van der Waals surface area contributed by atoms with Crippen LogP contribution >= 0.6 is 0 Å². The van der Waals surface area contributed by atoms with Gasteiger partial charge in [-0.2, -0.15) is 0 Å². The summed E-state index contributed by atoms with van der Waals surface area (Å²) < 4.78 is 12.5. The van der Waals surface area contributed by atoms with E-state index in [1.54, 1.807) is 34.0 Å². The van der Waals surface area contributed by atoms with Crippen molar-refractivity contribution < 1.29 is 19.1 Å². The van der Waals surface area contributed by atoms with Gasteiger partial charge in [-0.05, 0) is 42.9 Å². The zero-order valence-corrected chi connectivity index (χ0v) is 18.6. The number of piperidine rings is 1. The molecule has 1 aromatic carbocycles. The lowest BCUT2D eigenvalue weighted by Crippen LogP contribution is -2.40. The first-order valence-electron chi connectivity index (χ1n) is 11.1. The standard InChI is InChI=1S/C24H29N3O5/c1-16(2)12-26-13-18(22(28)19(14-26)24(30)27-8-4-3-5-9-27)23(29)25-11-17-6-7-20-21(10-17)32-15-31-20/h6-7,10,13-14,16H,3-5,8-9,11-12,15H2,1-2H3,(H,25,29). The molecule has 32 heavy (non-hydrogen) atoms. The van der Waals surface area contributed by atoms with Gasteiger partial charge in [0.25, 0.3) is 11.8 Å². The maximum Gasteiger partial charge on any atom is 0.259 e. The number of aromatic nitrogens is 1. The number of pyridine rings is 1. The van der Waals surface area contributed by atoms with Crippen LogP contribution < -0.4 is 20.2 Å². The van der Waals surface area contributed by atoms with E-state index >= 15 is 0 Å². The molecule has 0 aliphatic carbocycles. The molecule has 0 atom stereocenters. The molecule has 0 radical (unpaired) electrons. The molecule has 1 N–H and O–H groups in total. The van der Waals surface area contributed by atoms with Gasteiger partial charge in [0.05, 0.1) is 0 Å². The summed E-state index contributed by atoms with van der Waals surface area (Å²) in [7, 11) is 0. The average Bonchev–Trinajstić information content (AvgIpc) is 3.26. The van der Waals surface area contributed by atoms with Crippen molar-refractivity contribution in [3.63, 3.8) is 0 Å². The molecule has 8 nitrogen and oxygen atoms in total. The number of rotatable bonds is 6. The maximum atomic E-state index is 13.1. The largest absolute Gasteiger partial charge is 0.454 e. The summed E-state index contributed by atoms with van der Waals surface area (Å²) in [6.45, 7) is 6.38. The zero-order chi connectivity index (χ0) is 22.7. The van der Waals surface area contributed by atoms with E-state index in [1.165, 1.54) is 0 Å². The van der Waals surface area contributed by atoms with Crippen LogP contribution in [0, 0.1) is 5.92 Å². The summed E-state index contributed by atoms with van der Waals surface area (Å²) in [4.78, 5) is 40.9. The third-order valence-corrected chi connectivity index (χ3v) is 5.66. The van der Waals surface area contributed by atoms with Crippen LogP contribution in [0.25, 0.3) is 0 Å². The highest BCUT2D eigenvalue weighted by atomic mass is 16.7. The van der Waals surface area contributed by atoms with E-state index in [-0.39, 0.29) is 30.4 Å². The molecule has 8 heteroatoms. The quantitative estimate of drug-likeness (QED) is 0.748. The van der Waals surface area contributed by atoms with E-state index < -0.39 is 11.3 Å². The lowest BCUT2D eigenvalue weighted by Gasteiger charge is -2.27. The summed E-state index contributed by atoms with van der Waals surface area (Å²) >= 11 is 0. The summed E-state index contributed by atoms with van der Waals surface area (Å²) in [5.74, 6) is 0.793. The first-order chi connectivity index (χ1) is 15.4. The van der Waals surface area contributed by atoms with E-state index in [0.29, 0.717) is 37.1 Å². The van der Waals surface area contributed by atoms with Crippen molar-refractivity contribution in [3.05, 3.63) is 57.5 Å². The third kappa shape index (κ3) is 4.79. The predicted molar refractivity (Wildman–Crippen MR) is 119 cm³/mol. The lowest BCUT2D eigenvalue weighted by atomic mass is 10.1. The molecule has 1 fully saturated rings. The molecule has 4 rings (SSSR count). The van der Waals surface area contributed by atoms with Gasteiger partial charge in [-0.15, -0.1) is 0 Å². The molecular weight excluding hydrogens is 410 g/mol. The molecule has 2 amide bonds. The van der Waals surface area contributed by atoms with E-state index in [1.807, 2.05) is 19.9 Å². The predicted octanol–water partition coefficient (Wildman–Crippen LogP) is 2.79. The average molecular weight is 440 g/mol. The van der Waals surface area contributed by atoms with Gasteiger partial charge in [0, 0.05) is 38.6 Å². The van der Waals surface area contributed by atoms with E-state index in [0.717, 1.165) is 24.8 Å². The number of carbonyl (C=O) groups is 2. The Balaban J connectivity index is 1.57. The highest BCUT2D eigenvalue weighted by molar-refractivity contribution is 5.99. The van der Waals surface area contributed by atoms with Crippen LogP contribution in [-0.2, 0) is 13.1 Å². The van der Waals surface area contributed by atoms with Crippen molar-refractivity contribution in [2.45, 2.75) is 46.2 Å². The van der Waals surface area contributed by atoms with Crippen LogP contribution in [-0.4, -0.2) is 41.2 Å². The van der Waals surface area contributed by atoms with Crippen LogP contribution in [0.15, 0.2) is 35.4 Å². The van der Waals surface area contributed by atoms with Gasteiger partial charge in [0.2, 0.25) is 12.2 Å². The second kappa shape index (κ2) is 9.46. The summed E-state index contributed by atoms with van der Waals surface area (Å²) in [6, 6.07) is 5.43. The van der Waals surface area contributed by atoms with E-state index in [4.69, 9.17) is 9.47 Å². The fourth-order valence-corrected chi connectivity index (χ4v) is 4.07. The number of ether oxygens (including phenoxy) is 2. The molecule has 3 heterocycles. The fraction of sp³-hybridized carbons (Fsp3) is 0.458.